The molecule has 1 aliphatic rings. The number of likely N-dealkylation sites (N-methyl/N-ethyl adjacent to an activating group) is 1. The first-order valence-corrected chi connectivity index (χ1v) is 12.3. The molecule has 4 rings (SSSR count). The van der Waals surface area contributed by atoms with E-state index in [4.69, 9.17) is 14.5 Å². The Morgan fingerprint density at radius 3 is 2.71 bits per heavy atom. The predicted octanol–water partition coefficient (Wildman–Crippen LogP) is 4.03. The van der Waals surface area contributed by atoms with Gasteiger partial charge in [0.15, 0.2) is 0 Å². The number of thioether (sulfide) groups is 1. The van der Waals surface area contributed by atoms with Crippen LogP contribution in [0.1, 0.15) is 22.4 Å². The zero-order valence-corrected chi connectivity index (χ0v) is 20.9. The van der Waals surface area contributed by atoms with Gasteiger partial charge in [-0.15, -0.1) is 0 Å². The number of carbonyl (C=O) groups excluding carboxylic acids is 1. The Balaban J connectivity index is 1.69. The third-order valence-corrected chi connectivity index (χ3v) is 6.94. The van der Waals surface area contributed by atoms with Crippen LogP contribution in [0.25, 0.3) is 11.1 Å². The summed E-state index contributed by atoms with van der Waals surface area (Å²) in [7, 11) is 5.28. The third kappa shape index (κ3) is 5.59. The van der Waals surface area contributed by atoms with Crippen molar-refractivity contribution >= 4 is 17.7 Å². The smallest absolute Gasteiger partial charge is 0.230 e. The van der Waals surface area contributed by atoms with E-state index >= 15 is 0 Å². The highest BCUT2D eigenvalue weighted by molar-refractivity contribution is 8.00. The van der Waals surface area contributed by atoms with Crippen molar-refractivity contribution in [3.8, 4) is 28.7 Å². The second-order valence-electron chi connectivity index (χ2n) is 8.31. The topological polar surface area (TPSA) is 87.5 Å². The Bertz CT molecular complexity index is 1260. The number of hydrogen-bond acceptors (Lipinski definition) is 7. The van der Waals surface area contributed by atoms with Crippen molar-refractivity contribution in [3.05, 3.63) is 70.9 Å². The number of ether oxygens (including phenoxy) is 2. The summed E-state index contributed by atoms with van der Waals surface area (Å²) in [4.78, 5) is 19.6. The molecule has 1 amide bonds. The van der Waals surface area contributed by atoms with Crippen LogP contribution in [0.2, 0.25) is 0 Å². The summed E-state index contributed by atoms with van der Waals surface area (Å²) in [5.74, 6) is 1.39. The summed E-state index contributed by atoms with van der Waals surface area (Å²) in [6, 6.07) is 17.7. The van der Waals surface area contributed by atoms with E-state index in [0.717, 1.165) is 40.9 Å². The molecule has 7 nitrogen and oxygen atoms in total. The summed E-state index contributed by atoms with van der Waals surface area (Å²) in [6.45, 7) is 2.01. The molecule has 8 heteroatoms. The van der Waals surface area contributed by atoms with Crippen molar-refractivity contribution in [2.45, 2.75) is 24.5 Å². The quantitative estimate of drug-likeness (QED) is 0.479. The number of carbonyl (C=O) groups is 1. The Morgan fingerprint density at radius 2 is 2.00 bits per heavy atom. The van der Waals surface area contributed by atoms with Crippen LogP contribution in [0.4, 0.5) is 0 Å². The molecule has 0 fully saturated rings. The van der Waals surface area contributed by atoms with Crippen LogP contribution >= 0.6 is 11.8 Å². The molecular weight excluding hydrogens is 460 g/mol. The Labute approximate surface area is 210 Å². The van der Waals surface area contributed by atoms with Gasteiger partial charge in [0.2, 0.25) is 5.91 Å². The van der Waals surface area contributed by atoms with Crippen molar-refractivity contribution in [1.82, 2.24) is 15.2 Å². The number of rotatable bonds is 8. The molecule has 0 saturated carbocycles. The molecule has 1 aliphatic heterocycles. The molecule has 1 N–H and O–H groups in total. The number of hydrogen-bond donors (Lipinski definition) is 1. The van der Waals surface area contributed by atoms with Crippen LogP contribution in [0.15, 0.2) is 53.6 Å². The van der Waals surface area contributed by atoms with Gasteiger partial charge in [-0.1, -0.05) is 42.1 Å². The van der Waals surface area contributed by atoms with Crippen molar-refractivity contribution < 1.29 is 14.3 Å². The van der Waals surface area contributed by atoms with E-state index < -0.39 is 0 Å². The molecule has 35 heavy (non-hydrogen) atoms. The number of benzene rings is 2. The number of pyridine rings is 1. The number of nitriles is 1. The van der Waals surface area contributed by atoms with Crippen LogP contribution in [0, 0.1) is 11.3 Å². The summed E-state index contributed by atoms with van der Waals surface area (Å²) < 4.78 is 11.1. The molecule has 0 bridgehead atoms. The number of nitrogens with one attached hydrogen (secondary N) is 1. The molecule has 180 valence electrons. The minimum atomic E-state index is -0.109. The minimum Gasteiger partial charge on any atom is -0.497 e. The van der Waals surface area contributed by atoms with Crippen molar-refractivity contribution in [2.75, 3.05) is 33.6 Å². The molecule has 2 heterocycles. The van der Waals surface area contributed by atoms with Gasteiger partial charge in [-0.25, -0.2) is 4.98 Å². The fraction of sp³-hybridized carbons (Fsp3) is 0.296. The normalized spacial score (nSPS) is 13.0. The number of fused-ring (bicyclic) bond motifs is 1. The SMILES string of the molecule is COc1ccc(OC)c(-c2c(C#N)c(SCC(=O)NCc3ccccc3)nc3c2CN(C)CC3)c1. The highest BCUT2D eigenvalue weighted by Crippen LogP contribution is 2.42. The van der Waals surface area contributed by atoms with Gasteiger partial charge in [-0.3, -0.25) is 4.79 Å². The van der Waals surface area contributed by atoms with Gasteiger partial charge in [0, 0.05) is 42.9 Å². The van der Waals surface area contributed by atoms with Crippen LogP contribution in [0.5, 0.6) is 11.5 Å². The molecule has 0 saturated heterocycles. The second-order valence-corrected chi connectivity index (χ2v) is 9.27. The average Bonchev–Trinajstić information content (AvgIpc) is 2.90. The molecule has 0 atom stereocenters. The van der Waals surface area contributed by atoms with Gasteiger partial charge in [0.25, 0.3) is 0 Å². The van der Waals surface area contributed by atoms with Gasteiger partial charge < -0.3 is 19.7 Å². The molecular formula is C27H28N4O3S. The van der Waals surface area contributed by atoms with Gasteiger partial charge in [-0.2, -0.15) is 5.26 Å². The summed E-state index contributed by atoms with van der Waals surface area (Å²) in [6.07, 6.45) is 0.768. The average molecular weight is 489 g/mol. The predicted molar refractivity (Wildman–Crippen MR) is 137 cm³/mol. The van der Waals surface area contributed by atoms with Crippen LogP contribution in [-0.4, -0.2) is 49.4 Å². The van der Waals surface area contributed by atoms with Crippen molar-refractivity contribution in [1.29, 1.82) is 5.26 Å². The van der Waals surface area contributed by atoms with E-state index in [-0.39, 0.29) is 11.7 Å². The maximum Gasteiger partial charge on any atom is 0.230 e. The van der Waals surface area contributed by atoms with Crippen molar-refractivity contribution in [3.63, 3.8) is 0 Å². The lowest BCUT2D eigenvalue weighted by atomic mass is 9.91. The number of nitrogens with zero attached hydrogens (tertiary/aromatic N) is 3. The molecule has 1 aromatic heterocycles. The Morgan fingerprint density at radius 1 is 1.20 bits per heavy atom. The van der Waals surface area contributed by atoms with Gasteiger partial charge in [-0.05, 0) is 36.4 Å². The van der Waals surface area contributed by atoms with E-state index in [0.29, 0.717) is 35.2 Å². The van der Waals surface area contributed by atoms with Gasteiger partial charge in [0.05, 0.1) is 25.5 Å². The van der Waals surface area contributed by atoms with E-state index in [1.54, 1.807) is 14.2 Å². The maximum atomic E-state index is 12.6. The Hall–Kier alpha value is -3.54. The van der Waals surface area contributed by atoms with Gasteiger partial charge >= 0.3 is 0 Å². The van der Waals surface area contributed by atoms with Crippen LogP contribution < -0.4 is 14.8 Å². The second kappa shape index (κ2) is 11.3. The fourth-order valence-corrected chi connectivity index (χ4v) is 5.00. The van der Waals surface area contributed by atoms with Crippen LogP contribution in [0.3, 0.4) is 0 Å². The van der Waals surface area contributed by atoms with E-state index in [2.05, 4.69) is 23.3 Å². The van der Waals surface area contributed by atoms with E-state index in [9.17, 15) is 10.1 Å². The first-order valence-electron chi connectivity index (χ1n) is 11.3. The summed E-state index contributed by atoms with van der Waals surface area (Å²) in [5.41, 5.74) is 5.03. The highest BCUT2D eigenvalue weighted by atomic mass is 32.2. The zero-order valence-electron chi connectivity index (χ0n) is 20.1. The molecule has 2 aromatic carbocycles. The minimum absolute atomic E-state index is 0.109. The zero-order chi connectivity index (χ0) is 24.8. The molecule has 0 aliphatic carbocycles. The largest absolute Gasteiger partial charge is 0.497 e. The molecule has 0 spiro atoms. The number of aromatic nitrogens is 1. The third-order valence-electron chi connectivity index (χ3n) is 5.97. The first kappa shape index (κ1) is 24.6. The number of methoxy groups -OCH3 is 2. The van der Waals surface area contributed by atoms with E-state index in [1.807, 2.05) is 48.5 Å². The molecule has 3 aromatic rings. The lowest BCUT2D eigenvalue weighted by Gasteiger charge is -2.28. The van der Waals surface area contributed by atoms with Crippen LogP contribution in [-0.2, 0) is 24.3 Å². The lowest BCUT2D eigenvalue weighted by molar-refractivity contribution is -0.118. The van der Waals surface area contributed by atoms with Gasteiger partial charge in [0.1, 0.15) is 22.6 Å². The van der Waals surface area contributed by atoms with E-state index in [1.165, 1.54) is 11.8 Å². The summed E-state index contributed by atoms with van der Waals surface area (Å²) in [5, 5.41) is 13.7. The fourth-order valence-electron chi connectivity index (χ4n) is 4.17. The lowest BCUT2D eigenvalue weighted by Crippen LogP contribution is -2.28. The first-order chi connectivity index (χ1) is 17.0. The summed E-state index contributed by atoms with van der Waals surface area (Å²) >= 11 is 1.29. The Kier molecular flexibility index (Phi) is 7.91. The van der Waals surface area contributed by atoms with Crippen molar-refractivity contribution in [2.24, 2.45) is 0 Å². The monoisotopic (exact) mass is 488 g/mol. The maximum absolute atomic E-state index is 12.6. The standard InChI is InChI=1S/C27H28N4O3S/c1-31-12-11-23-22(16-31)26(20-13-19(33-2)9-10-24(20)34-3)21(14-28)27(30-23)35-17-25(32)29-15-18-7-5-4-6-8-18/h4-10,13H,11-12,15-17H2,1-3H3,(H,29,32). The highest BCUT2D eigenvalue weighted by Gasteiger charge is 2.27. The molecule has 0 unspecified atom stereocenters. The number of amides is 1. The molecule has 0 radical (unpaired) electrons.